The van der Waals surface area contributed by atoms with Gasteiger partial charge in [-0.15, -0.1) is 0 Å². The number of ether oxygens (including phenoxy) is 1. The number of sulfonamides is 1. The maximum absolute atomic E-state index is 12.3. The second kappa shape index (κ2) is 5.54. The number of hydrogen-bond donors (Lipinski definition) is 1. The van der Waals surface area contributed by atoms with Crippen LogP contribution in [0.5, 0.6) is 5.75 Å². The molecular formula is C15H17NO3S. The van der Waals surface area contributed by atoms with E-state index in [4.69, 9.17) is 4.74 Å². The van der Waals surface area contributed by atoms with Crippen LogP contribution in [0.4, 0.5) is 5.69 Å². The third kappa shape index (κ3) is 2.93. The van der Waals surface area contributed by atoms with Gasteiger partial charge in [-0.2, -0.15) is 0 Å². The minimum absolute atomic E-state index is 0.222. The molecule has 0 fully saturated rings. The van der Waals surface area contributed by atoms with Gasteiger partial charge >= 0.3 is 0 Å². The zero-order chi connectivity index (χ0) is 14.8. The summed E-state index contributed by atoms with van der Waals surface area (Å²) in [6.45, 7) is 3.88. The fraction of sp³-hybridized carbons (Fsp3) is 0.200. The van der Waals surface area contributed by atoms with E-state index in [1.54, 1.807) is 36.4 Å². The van der Waals surface area contributed by atoms with Gasteiger partial charge in [0.25, 0.3) is 10.0 Å². The van der Waals surface area contributed by atoms with E-state index in [-0.39, 0.29) is 4.90 Å². The highest BCUT2D eigenvalue weighted by atomic mass is 32.2. The molecule has 0 amide bonds. The molecule has 1 N–H and O–H groups in total. The summed E-state index contributed by atoms with van der Waals surface area (Å²) >= 11 is 0. The molecule has 0 saturated heterocycles. The van der Waals surface area contributed by atoms with Gasteiger partial charge in [-0.3, -0.25) is 4.72 Å². The highest BCUT2D eigenvalue weighted by Crippen LogP contribution is 2.29. The fourth-order valence-electron chi connectivity index (χ4n) is 1.84. The van der Waals surface area contributed by atoms with E-state index in [2.05, 4.69) is 4.72 Å². The molecule has 0 unspecified atom stereocenters. The number of hydrogen-bond acceptors (Lipinski definition) is 3. The number of aryl methyl sites for hydroxylation is 2. The summed E-state index contributed by atoms with van der Waals surface area (Å²) in [7, 11) is -2.09. The Morgan fingerprint density at radius 2 is 1.60 bits per heavy atom. The van der Waals surface area contributed by atoms with Crippen molar-refractivity contribution in [3.63, 3.8) is 0 Å². The summed E-state index contributed by atoms with van der Waals surface area (Å²) in [5.74, 6) is 0.507. The highest BCUT2D eigenvalue weighted by molar-refractivity contribution is 7.92. The third-order valence-electron chi connectivity index (χ3n) is 3.11. The Morgan fingerprint density at radius 1 is 1.00 bits per heavy atom. The molecule has 0 aromatic heterocycles. The fourth-order valence-corrected chi connectivity index (χ4v) is 2.92. The molecule has 5 heteroatoms. The van der Waals surface area contributed by atoms with Crippen molar-refractivity contribution in [2.75, 3.05) is 11.8 Å². The Morgan fingerprint density at radius 3 is 2.20 bits per heavy atom. The largest absolute Gasteiger partial charge is 0.495 e. The van der Waals surface area contributed by atoms with Crippen LogP contribution in [0.1, 0.15) is 11.1 Å². The summed E-state index contributed by atoms with van der Waals surface area (Å²) in [6.07, 6.45) is 0. The molecule has 2 aromatic carbocycles. The van der Waals surface area contributed by atoms with Crippen LogP contribution < -0.4 is 9.46 Å². The maximum Gasteiger partial charge on any atom is 0.262 e. The van der Waals surface area contributed by atoms with Crippen LogP contribution in [0.2, 0.25) is 0 Å². The molecule has 20 heavy (non-hydrogen) atoms. The Kier molecular flexibility index (Phi) is 3.99. The summed E-state index contributed by atoms with van der Waals surface area (Å²) < 4.78 is 32.4. The van der Waals surface area contributed by atoms with Crippen LogP contribution in [0.3, 0.4) is 0 Å². The van der Waals surface area contributed by atoms with E-state index in [1.165, 1.54) is 7.11 Å². The van der Waals surface area contributed by atoms with Gasteiger partial charge in [-0.05, 0) is 49.2 Å². The van der Waals surface area contributed by atoms with Crippen molar-refractivity contribution in [1.29, 1.82) is 0 Å². The SMILES string of the molecule is COc1cc(C)c(C)cc1NS(=O)(=O)c1ccccc1. The monoisotopic (exact) mass is 291 g/mol. The van der Waals surface area contributed by atoms with Gasteiger partial charge in [-0.25, -0.2) is 8.42 Å². The van der Waals surface area contributed by atoms with Gasteiger partial charge in [0.05, 0.1) is 17.7 Å². The zero-order valence-electron chi connectivity index (χ0n) is 11.7. The molecule has 0 atom stereocenters. The van der Waals surface area contributed by atoms with Crippen LogP contribution in [0.15, 0.2) is 47.4 Å². The molecule has 0 heterocycles. The summed E-state index contributed by atoms with van der Waals surface area (Å²) in [5.41, 5.74) is 2.49. The van der Waals surface area contributed by atoms with Crippen LogP contribution in [0.25, 0.3) is 0 Å². The van der Waals surface area contributed by atoms with E-state index in [0.717, 1.165) is 11.1 Å². The second-order valence-corrected chi connectivity index (χ2v) is 6.24. The molecule has 2 rings (SSSR count). The molecular weight excluding hydrogens is 274 g/mol. The van der Waals surface area contributed by atoms with Crippen molar-refractivity contribution < 1.29 is 13.2 Å². The first-order valence-electron chi connectivity index (χ1n) is 6.17. The quantitative estimate of drug-likeness (QED) is 0.941. The average molecular weight is 291 g/mol. The van der Waals surface area contributed by atoms with Gasteiger partial charge in [-0.1, -0.05) is 18.2 Å². The van der Waals surface area contributed by atoms with E-state index in [0.29, 0.717) is 11.4 Å². The lowest BCUT2D eigenvalue weighted by Gasteiger charge is -2.14. The topological polar surface area (TPSA) is 55.4 Å². The summed E-state index contributed by atoms with van der Waals surface area (Å²) in [4.78, 5) is 0.222. The Balaban J connectivity index is 2.42. The molecule has 2 aromatic rings. The molecule has 106 valence electrons. The molecule has 0 saturated carbocycles. The predicted molar refractivity (Wildman–Crippen MR) is 79.7 cm³/mol. The van der Waals surface area contributed by atoms with E-state index >= 15 is 0 Å². The molecule has 0 aliphatic carbocycles. The van der Waals surface area contributed by atoms with Crippen LogP contribution in [0, 0.1) is 13.8 Å². The Bertz CT molecular complexity index is 709. The molecule has 0 radical (unpaired) electrons. The zero-order valence-corrected chi connectivity index (χ0v) is 12.5. The van der Waals surface area contributed by atoms with Crippen LogP contribution >= 0.6 is 0 Å². The number of rotatable bonds is 4. The van der Waals surface area contributed by atoms with Crippen LogP contribution in [-0.2, 0) is 10.0 Å². The standard InChI is InChI=1S/C15H17NO3S/c1-11-9-14(15(19-3)10-12(11)2)16-20(17,18)13-7-5-4-6-8-13/h4-10,16H,1-3H3. The lowest BCUT2D eigenvalue weighted by molar-refractivity contribution is 0.416. The molecule has 4 nitrogen and oxygen atoms in total. The Labute approximate surface area is 119 Å². The van der Waals surface area contributed by atoms with Crippen molar-refractivity contribution in [2.24, 2.45) is 0 Å². The molecule has 0 bridgehead atoms. The van der Waals surface area contributed by atoms with Crippen molar-refractivity contribution in [3.05, 3.63) is 53.6 Å². The van der Waals surface area contributed by atoms with Crippen LogP contribution in [-0.4, -0.2) is 15.5 Å². The van der Waals surface area contributed by atoms with Gasteiger partial charge in [0.1, 0.15) is 5.75 Å². The van der Waals surface area contributed by atoms with Crippen molar-refractivity contribution in [3.8, 4) is 5.75 Å². The normalized spacial score (nSPS) is 11.2. The number of anilines is 1. The number of methoxy groups -OCH3 is 1. The van der Waals surface area contributed by atoms with E-state index in [9.17, 15) is 8.42 Å². The first-order chi connectivity index (χ1) is 9.44. The lowest BCUT2D eigenvalue weighted by Crippen LogP contribution is -2.13. The minimum Gasteiger partial charge on any atom is -0.495 e. The van der Waals surface area contributed by atoms with E-state index in [1.807, 2.05) is 19.9 Å². The highest BCUT2D eigenvalue weighted by Gasteiger charge is 2.16. The first-order valence-corrected chi connectivity index (χ1v) is 7.65. The van der Waals surface area contributed by atoms with Crippen molar-refractivity contribution in [2.45, 2.75) is 18.7 Å². The van der Waals surface area contributed by atoms with Gasteiger partial charge in [0.15, 0.2) is 0 Å². The van der Waals surface area contributed by atoms with Gasteiger partial charge in [0, 0.05) is 0 Å². The van der Waals surface area contributed by atoms with E-state index < -0.39 is 10.0 Å². The second-order valence-electron chi connectivity index (χ2n) is 4.56. The lowest BCUT2D eigenvalue weighted by atomic mass is 10.1. The average Bonchev–Trinajstić information content (AvgIpc) is 2.43. The summed E-state index contributed by atoms with van der Waals surface area (Å²) in [5, 5.41) is 0. The van der Waals surface area contributed by atoms with Gasteiger partial charge < -0.3 is 4.74 Å². The molecule has 0 spiro atoms. The van der Waals surface area contributed by atoms with Crippen molar-refractivity contribution in [1.82, 2.24) is 0 Å². The molecule has 0 aliphatic heterocycles. The number of nitrogens with one attached hydrogen (secondary N) is 1. The maximum atomic E-state index is 12.3. The number of benzene rings is 2. The van der Waals surface area contributed by atoms with Crippen molar-refractivity contribution >= 4 is 15.7 Å². The third-order valence-corrected chi connectivity index (χ3v) is 4.50. The Hall–Kier alpha value is -2.01. The van der Waals surface area contributed by atoms with Gasteiger partial charge in [0.2, 0.25) is 0 Å². The predicted octanol–water partition coefficient (Wildman–Crippen LogP) is 3.11. The summed E-state index contributed by atoms with van der Waals surface area (Å²) in [6, 6.07) is 11.8. The molecule has 0 aliphatic rings. The first kappa shape index (κ1) is 14.4. The smallest absolute Gasteiger partial charge is 0.262 e. The minimum atomic E-state index is -3.61.